The minimum atomic E-state index is -0.194. The SMILES string of the molecule is O=C(C(Cc1ccccn1)c1ccc(Cl)cc1)N1CCCCC1. The first kappa shape index (κ1) is 16.0. The van der Waals surface area contributed by atoms with Gasteiger partial charge in [0.1, 0.15) is 0 Å². The van der Waals surface area contributed by atoms with Gasteiger partial charge in [-0.15, -0.1) is 0 Å². The van der Waals surface area contributed by atoms with Crippen LogP contribution >= 0.6 is 11.6 Å². The van der Waals surface area contributed by atoms with Crippen LogP contribution in [0.3, 0.4) is 0 Å². The molecule has 4 heteroatoms. The molecule has 1 aliphatic rings. The Balaban J connectivity index is 1.85. The summed E-state index contributed by atoms with van der Waals surface area (Å²) in [4.78, 5) is 19.5. The molecule has 1 saturated heterocycles. The van der Waals surface area contributed by atoms with E-state index in [1.165, 1.54) is 6.42 Å². The van der Waals surface area contributed by atoms with Crippen molar-refractivity contribution < 1.29 is 4.79 Å². The van der Waals surface area contributed by atoms with Crippen LogP contribution in [0, 0.1) is 0 Å². The fourth-order valence-electron chi connectivity index (χ4n) is 3.11. The molecule has 3 rings (SSSR count). The number of benzene rings is 1. The lowest BCUT2D eigenvalue weighted by atomic mass is 9.91. The van der Waals surface area contributed by atoms with E-state index in [0.717, 1.165) is 37.2 Å². The first-order valence-electron chi connectivity index (χ1n) is 8.18. The average molecular weight is 329 g/mol. The molecule has 23 heavy (non-hydrogen) atoms. The minimum absolute atomic E-state index is 0.194. The zero-order valence-corrected chi connectivity index (χ0v) is 13.9. The van der Waals surface area contributed by atoms with Gasteiger partial charge in [0.05, 0.1) is 5.92 Å². The topological polar surface area (TPSA) is 33.2 Å². The van der Waals surface area contributed by atoms with Crippen LogP contribution < -0.4 is 0 Å². The molecular formula is C19H21ClN2O. The monoisotopic (exact) mass is 328 g/mol. The summed E-state index contributed by atoms with van der Waals surface area (Å²) in [6.45, 7) is 1.73. The lowest BCUT2D eigenvalue weighted by molar-refractivity contribution is -0.133. The summed E-state index contributed by atoms with van der Waals surface area (Å²) in [6.07, 6.45) is 5.82. The summed E-state index contributed by atoms with van der Waals surface area (Å²) in [5, 5.41) is 0.691. The molecule has 1 aromatic carbocycles. The van der Waals surface area contributed by atoms with E-state index in [0.29, 0.717) is 11.4 Å². The zero-order valence-electron chi connectivity index (χ0n) is 13.1. The number of amides is 1. The summed E-state index contributed by atoms with van der Waals surface area (Å²) in [6, 6.07) is 13.5. The molecule has 1 aromatic heterocycles. The zero-order chi connectivity index (χ0) is 16.1. The largest absolute Gasteiger partial charge is 0.342 e. The van der Waals surface area contributed by atoms with Gasteiger partial charge in [-0.05, 0) is 49.1 Å². The van der Waals surface area contributed by atoms with Gasteiger partial charge in [-0.3, -0.25) is 9.78 Å². The molecule has 0 N–H and O–H groups in total. The molecule has 3 nitrogen and oxygen atoms in total. The second kappa shape index (κ2) is 7.60. The molecule has 2 heterocycles. The van der Waals surface area contributed by atoms with Gasteiger partial charge in [0, 0.05) is 36.4 Å². The number of likely N-dealkylation sites (tertiary alicyclic amines) is 1. The third kappa shape index (κ3) is 4.11. The number of rotatable bonds is 4. The van der Waals surface area contributed by atoms with Crippen molar-refractivity contribution in [3.8, 4) is 0 Å². The van der Waals surface area contributed by atoms with Crippen LogP contribution in [-0.4, -0.2) is 28.9 Å². The number of hydrogen-bond donors (Lipinski definition) is 0. The Labute approximate surface area is 142 Å². The van der Waals surface area contributed by atoms with Crippen LogP contribution in [0.5, 0.6) is 0 Å². The first-order chi connectivity index (χ1) is 11.2. The van der Waals surface area contributed by atoms with Crippen molar-refractivity contribution in [3.63, 3.8) is 0 Å². The van der Waals surface area contributed by atoms with Crippen LogP contribution in [0.4, 0.5) is 0 Å². The van der Waals surface area contributed by atoms with Crippen molar-refractivity contribution in [1.29, 1.82) is 0 Å². The highest BCUT2D eigenvalue weighted by Gasteiger charge is 2.27. The summed E-state index contributed by atoms with van der Waals surface area (Å²) < 4.78 is 0. The van der Waals surface area contributed by atoms with Crippen LogP contribution in [0.1, 0.15) is 36.4 Å². The normalized spacial score (nSPS) is 16.1. The molecule has 0 radical (unpaired) electrons. The van der Waals surface area contributed by atoms with Crippen LogP contribution in [-0.2, 0) is 11.2 Å². The minimum Gasteiger partial charge on any atom is -0.342 e. The number of aromatic nitrogens is 1. The maximum Gasteiger partial charge on any atom is 0.230 e. The Bertz CT molecular complexity index is 636. The van der Waals surface area contributed by atoms with Crippen molar-refractivity contribution in [2.45, 2.75) is 31.6 Å². The molecule has 0 aliphatic carbocycles. The van der Waals surface area contributed by atoms with E-state index in [2.05, 4.69) is 4.98 Å². The van der Waals surface area contributed by atoms with Gasteiger partial charge < -0.3 is 4.90 Å². The molecule has 1 unspecified atom stereocenters. The van der Waals surface area contributed by atoms with Gasteiger partial charge >= 0.3 is 0 Å². The van der Waals surface area contributed by atoms with Crippen LogP contribution in [0.2, 0.25) is 5.02 Å². The third-order valence-corrected chi connectivity index (χ3v) is 4.63. The first-order valence-corrected chi connectivity index (χ1v) is 8.56. The summed E-state index contributed by atoms with van der Waals surface area (Å²) in [7, 11) is 0. The van der Waals surface area contributed by atoms with Crippen molar-refractivity contribution in [1.82, 2.24) is 9.88 Å². The molecule has 0 spiro atoms. The highest BCUT2D eigenvalue weighted by Crippen LogP contribution is 2.26. The number of pyridine rings is 1. The standard InChI is InChI=1S/C19H21ClN2O/c20-16-9-7-15(8-10-16)18(14-17-6-2-3-11-21-17)19(23)22-12-4-1-5-13-22/h2-3,6-11,18H,1,4-5,12-14H2. The predicted octanol–water partition coefficient (Wildman–Crippen LogP) is 4.07. The van der Waals surface area contributed by atoms with E-state index in [-0.39, 0.29) is 11.8 Å². The van der Waals surface area contributed by atoms with Gasteiger partial charge in [0.25, 0.3) is 0 Å². The maximum atomic E-state index is 13.1. The molecule has 120 valence electrons. The smallest absolute Gasteiger partial charge is 0.230 e. The van der Waals surface area contributed by atoms with Crippen molar-refractivity contribution in [2.24, 2.45) is 0 Å². The quantitative estimate of drug-likeness (QED) is 0.847. The number of carbonyl (C=O) groups excluding carboxylic acids is 1. The lowest BCUT2D eigenvalue weighted by Gasteiger charge is -2.30. The van der Waals surface area contributed by atoms with E-state index >= 15 is 0 Å². The van der Waals surface area contributed by atoms with E-state index in [4.69, 9.17) is 11.6 Å². The third-order valence-electron chi connectivity index (χ3n) is 4.38. The molecule has 1 aliphatic heterocycles. The molecule has 1 atom stereocenters. The Morgan fingerprint density at radius 1 is 1.09 bits per heavy atom. The number of hydrogen-bond acceptors (Lipinski definition) is 2. The highest BCUT2D eigenvalue weighted by molar-refractivity contribution is 6.30. The second-order valence-corrected chi connectivity index (χ2v) is 6.45. The number of piperidine rings is 1. The van der Waals surface area contributed by atoms with E-state index < -0.39 is 0 Å². The fourth-order valence-corrected chi connectivity index (χ4v) is 3.23. The number of nitrogens with zero attached hydrogens (tertiary/aromatic N) is 2. The summed E-state index contributed by atoms with van der Waals surface area (Å²) in [5.74, 6) is 0.0120. The molecule has 2 aromatic rings. The van der Waals surface area contributed by atoms with Crippen LogP contribution in [0.25, 0.3) is 0 Å². The Morgan fingerprint density at radius 3 is 2.48 bits per heavy atom. The second-order valence-electron chi connectivity index (χ2n) is 6.02. The average Bonchev–Trinajstić information content (AvgIpc) is 2.62. The van der Waals surface area contributed by atoms with Gasteiger partial charge in [-0.25, -0.2) is 0 Å². The van der Waals surface area contributed by atoms with E-state index in [1.54, 1.807) is 6.20 Å². The number of halogens is 1. The molecule has 0 saturated carbocycles. The van der Waals surface area contributed by atoms with E-state index in [9.17, 15) is 4.79 Å². The van der Waals surface area contributed by atoms with E-state index in [1.807, 2.05) is 47.4 Å². The van der Waals surface area contributed by atoms with Crippen molar-refractivity contribution in [3.05, 3.63) is 64.9 Å². The Hall–Kier alpha value is -1.87. The summed E-state index contributed by atoms with van der Waals surface area (Å²) in [5.41, 5.74) is 1.95. The van der Waals surface area contributed by atoms with Crippen LogP contribution in [0.15, 0.2) is 48.7 Å². The highest BCUT2D eigenvalue weighted by atomic mass is 35.5. The van der Waals surface area contributed by atoms with Gasteiger partial charge in [-0.1, -0.05) is 29.8 Å². The van der Waals surface area contributed by atoms with Gasteiger partial charge in [0.2, 0.25) is 5.91 Å². The summed E-state index contributed by atoms with van der Waals surface area (Å²) >= 11 is 6.00. The number of carbonyl (C=O) groups is 1. The molecular weight excluding hydrogens is 308 g/mol. The Kier molecular flexibility index (Phi) is 5.29. The van der Waals surface area contributed by atoms with Gasteiger partial charge in [-0.2, -0.15) is 0 Å². The fraction of sp³-hybridized carbons (Fsp3) is 0.368. The maximum absolute atomic E-state index is 13.1. The molecule has 1 fully saturated rings. The lowest BCUT2D eigenvalue weighted by Crippen LogP contribution is -2.39. The van der Waals surface area contributed by atoms with Gasteiger partial charge in [0.15, 0.2) is 0 Å². The molecule has 0 bridgehead atoms. The molecule has 1 amide bonds. The van der Waals surface area contributed by atoms with Crippen molar-refractivity contribution >= 4 is 17.5 Å². The van der Waals surface area contributed by atoms with Crippen molar-refractivity contribution in [2.75, 3.05) is 13.1 Å². The predicted molar refractivity (Wildman–Crippen MR) is 92.6 cm³/mol. The Morgan fingerprint density at radius 2 is 1.83 bits per heavy atom.